The van der Waals surface area contributed by atoms with Gasteiger partial charge in [-0.2, -0.15) is 0 Å². The number of carbonyl (C=O) groups is 1. The molecule has 0 rings (SSSR count). The van der Waals surface area contributed by atoms with Crippen LogP contribution in [0.1, 0.15) is 135 Å². The fourth-order valence-corrected chi connectivity index (χ4v) is 3.66. The van der Waals surface area contributed by atoms with E-state index in [2.05, 4.69) is 6.92 Å². The molecule has 0 aromatic heterocycles. The molecule has 1 unspecified atom stereocenters. The molecule has 0 aromatic carbocycles. The first-order valence-corrected chi connectivity index (χ1v) is 14.9. The number of unbranched alkanes of at least 4 members (excludes halogenated alkanes) is 18. The van der Waals surface area contributed by atoms with Gasteiger partial charge in [-0.05, 0) is 6.42 Å². The van der Waals surface area contributed by atoms with Crippen molar-refractivity contribution in [3.63, 3.8) is 0 Å². The van der Waals surface area contributed by atoms with Crippen LogP contribution in [0.5, 0.6) is 0 Å². The summed E-state index contributed by atoms with van der Waals surface area (Å²) in [5, 5.41) is 17.8. The molecular weight excluding hydrogens is 499 g/mol. The van der Waals surface area contributed by atoms with Gasteiger partial charge in [-0.15, -0.1) is 0 Å². The van der Waals surface area contributed by atoms with E-state index in [1.807, 2.05) is 0 Å². The van der Waals surface area contributed by atoms with Crippen LogP contribution >= 0.6 is 7.82 Å². The van der Waals surface area contributed by atoms with Crippen molar-refractivity contribution in [2.45, 2.75) is 141 Å². The summed E-state index contributed by atoms with van der Waals surface area (Å²) in [5.74, 6) is -0.274. The van der Waals surface area contributed by atoms with Crippen LogP contribution < -0.4 is 9.79 Å². The minimum atomic E-state index is -5.14. The number of aliphatic hydroxyl groups is 2. The molecule has 0 spiro atoms. The van der Waals surface area contributed by atoms with Crippen LogP contribution in [0.25, 0.3) is 0 Å². The number of phosphoric acid groups is 1. The van der Waals surface area contributed by atoms with E-state index in [1.165, 1.54) is 109 Å². The number of hydrogen-bond acceptors (Lipinski definition) is 7. The quantitative estimate of drug-likeness (QED) is 0.0744. The summed E-state index contributed by atoms with van der Waals surface area (Å²) in [5.41, 5.74) is 0. The van der Waals surface area contributed by atoms with Gasteiger partial charge in [0.1, 0.15) is 12.7 Å². The molecule has 0 saturated carbocycles. The average Bonchev–Trinajstić information content (AvgIpc) is 2.77. The Hall–Kier alpha value is 0.760. The summed E-state index contributed by atoms with van der Waals surface area (Å²) < 4.78 is 13.5. The second-order valence-electron chi connectivity index (χ2n) is 9.10. The maximum Gasteiger partial charge on any atom is 2.00 e. The van der Waals surface area contributed by atoms with Crippen molar-refractivity contribution in [3.05, 3.63) is 0 Å². The SMILES string of the molecule is CCCCCCCCCCCCCCCCCCCCCC(=O)OCC(O)CO.O=P([O-])([O-])O.[Ca+2]. The third-order valence-corrected chi connectivity index (χ3v) is 5.63. The number of aliphatic hydroxyl groups excluding tert-OH is 2. The fraction of sp³-hybridized carbons (Fsp3) is 0.960. The molecule has 35 heavy (non-hydrogen) atoms. The zero-order valence-electron chi connectivity index (χ0n) is 22.2. The molecule has 206 valence electrons. The van der Waals surface area contributed by atoms with Crippen LogP contribution in [-0.2, 0) is 14.1 Å². The minimum absolute atomic E-state index is 0. The largest absolute Gasteiger partial charge is 2.00 e. The fourth-order valence-electron chi connectivity index (χ4n) is 3.66. The van der Waals surface area contributed by atoms with Crippen molar-refractivity contribution in [3.8, 4) is 0 Å². The Balaban J connectivity index is -0.00000154. The second kappa shape index (κ2) is 31.0. The summed E-state index contributed by atoms with van der Waals surface area (Å²) >= 11 is 0. The molecule has 10 heteroatoms. The Morgan fingerprint density at radius 3 is 1.31 bits per heavy atom. The Morgan fingerprint density at radius 1 is 0.743 bits per heavy atom. The molecule has 0 bridgehead atoms. The Labute approximate surface area is 243 Å². The topological polar surface area (TPSA) is 150 Å². The molecular formula is C25H51CaO8P. The average molecular weight is 551 g/mol. The molecule has 0 heterocycles. The zero-order chi connectivity index (χ0) is 25.9. The number of hydrogen-bond donors (Lipinski definition) is 3. The Kier molecular flexibility index (Phi) is 35.6. The van der Waals surface area contributed by atoms with Gasteiger partial charge in [0.25, 0.3) is 0 Å². The maximum absolute atomic E-state index is 11.4. The standard InChI is InChI=1S/C25H50O4.Ca.H3O4P/c1-2-3-4-5-6-7-8-9-10-11-12-13-14-15-16-17-18-19-20-21-25(28)29-23-24(27)22-26;;1-5(2,3)4/h24,26-27H,2-23H2,1H3;;(H3,1,2,3,4)/q;+2;/p-2. The minimum Gasteiger partial charge on any atom is -0.790 e. The third-order valence-electron chi connectivity index (χ3n) is 5.63. The van der Waals surface area contributed by atoms with E-state index in [0.29, 0.717) is 6.42 Å². The van der Waals surface area contributed by atoms with Gasteiger partial charge in [-0.1, -0.05) is 122 Å². The van der Waals surface area contributed by atoms with Gasteiger partial charge >= 0.3 is 43.7 Å². The number of carbonyl (C=O) groups excluding carboxylic acids is 1. The maximum atomic E-state index is 11.4. The third kappa shape index (κ3) is 45.1. The summed E-state index contributed by atoms with van der Waals surface area (Å²) in [4.78, 5) is 35.7. The molecule has 3 N–H and O–H groups in total. The summed E-state index contributed by atoms with van der Waals surface area (Å²) in [6, 6.07) is 0. The van der Waals surface area contributed by atoms with Gasteiger partial charge in [-0.25, -0.2) is 0 Å². The number of esters is 1. The predicted octanol–water partition coefficient (Wildman–Crippen LogP) is 4.13. The van der Waals surface area contributed by atoms with E-state index in [9.17, 15) is 4.79 Å². The smallest absolute Gasteiger partial charge is 0.790 e. The van der Waals surface area contributed by atoms with Crippen LogP contribution in [0, 0.1) is 0 Å². The van der Waals surface area contributed by atoms with Crippen LogP contribution in [-0.4, -0.2) is 78.1 Å². The first kappa shape index (κ1) is 40.3. The van der Waals surface area contributed by atoms with Crippen LogP contribution in [0.15, 0.2) is 0 Å². The number of ether oxygens (including phenoxy) is 1. The van der Waals surface area contributed by atoms with E-state index >= 15 is 0 Å². The molecule has 8 nitrogen and oxygen atoms in total. The molecule has 0 aliphatic carbocycles. The van der Waals surface area contributed by atoms with Crippen molar-refractivity contribution in [1.82, 2.24) is 0 Å². The molecule has 1 atom stereocenters. The van der Waals surface area contributed by atoms with Crippen molar-refractivity contribution in [2.75, 3.05) is 13.2 Å². The second-order valence-corrected chi connectivity index (χ2v) is 10.0. The molecule has 0 radical (unpaired) electrons. The molecule has 0 saturated heterocycles. The molecule has 0 aromatic rings. The van der Waals surface area contributed by atoms with E-state index in [0.717, 1.165) is 12.8 Å². The van der Waals surface area contributed by atoms with Gasteiger partial charge in [0.05, 0.1) is 14.4 Å². The van der Waals surface area contributed by atoms with Gasteiger partial charge in [0.2, 0.25) is 0 Å². The van der Waals surface area contributed by atoms with Gasteiger partial charge in [0.15, 0.2) is 0 Å². The first-order valence-electron chi connectivity index (χ1n) is 13.4. The Bertz CT molecular complexity index is 468. The zero-order valence-corrected chi connectivity index (χ0v) is 25.3. The van der Waals surface area contributed by atoms with Crippen LogP contribution in [0.3, 0.4) is 0 Å². The van der Waals surface area contributed by atoms with E-state index in [-0.39, 0.29) is 56.9 Å². The van der Waals surface area contributed by atoms with Crippen molar-refractivity contribution >= 4 is 51.5 Å². The summed E-state index contributed by atoms with van der Waals surface area (Å²) in [6.07, 6.45) is 24.9. The van der Waals surface area contributed by atoms with Gasteiger partial charge in [-0.3, -0.25) is 4.79 Å². The predicted molar refractivity (Wildman–Crippen MR) is 138 cm³/mol. The molecule has 0 aliphatic rings. The normalized spacial score (nSPS) is 11.8. The Morgan fingerprint density at radius 2 is 1.03 bits per heavy atom. The van der Waals surface area contributed by atoms with Gasteiger partial charge in [0, 0.05) is 6.42 Å². The molecule has 0 fully saturated rings. The number of rotatable bonds is 23. The summed E-state index contributed by atoms with van der Waals surface area (Å²) in [6.45, 7) is 1.81. The van der Waals surface area contributed by atoms with Crippen molar-refractivity contribution in [1.29, 1.82) is 0 Å². The first-order chi connectivity index (χ1) is 16.2. The van der Waals surface area contributed by atoms with Gasteiger partial charge < -0.3 is 34.2 Å². The van der Waals surface area contributed by atoms with Crippen molar-refractivity contribution < 1.29 is 39.0 Å². The molecule has 0 amide bonds. The van der Waals surface area contributed by atoms with E-state index < -0.39 is 13.9 Å². The van der Waals surface area contributed by atoms with E-state index in [1.54, 1.807) is 0 Å². The molecule has 0 aliphatic heterocycles. The summed E-state index contributed by atoms with van der Waals surface area (Å²) in [7, 11) is -5.14. The van der Waals surface area contributed by atoms with E-state index in [4.69, 9.17) is 34.2 Å². The van der Waals surface area contributed by atoms with Crippen LogP contribution in [0.2, 0.25) is 0 Å². The van der Waals surface area contributed by atoms with Crippen LogP contribution in [0.4, 0.5) is 0 Å². The van der Waals surface area contributed by atoms with Crippen molar-refractivity contribution in [2.24, 2.45) is 0 Å². The monoisotopic (exact) mass is 550 g/mol.